The molecular weight excluding hydrogens is 222 g/mol. The van der Waals surface area contributed by atoms with Gasteiger partial charge in [-0.05, 0) is 25.7 Å². The number of ether oxygens (including phenoxy) is 1. The SMILES string of the molecule is CCOCCNC(=O)C1CC(C)CC1C(=O)O. The summed E-state index contributed by atoms with van der Waals surface area (Å²) in [5.41, 5.74) is 0. The molecule has 0 saturated heterocycles. The molecule has 0 aromatic rings. The number of rotatable bonds is 6. The maximum atomic E-state index is 11.8. The summed E-state index contributed by atoms with van der Waals surface area (Å²) in [6, 6.07) is 0. The van der Waals surface area contributed by atoms with Crippen molar-refractivity contribution in [1.29, 1.82) is 0 Å². The number of carboxylic acid groups (broad SMARTS) is 1. The first-order chi connectivity index (χ1) is 8.06. The minimum absolute atomic E-state index is 0.151. The van der Waals surface area contributed by atoms with Gasteiger partial charge < -0.3 is 15.2 Å². The van der Waals surface area contributed by atoms with Gasteiger partial charge in [0.15, 0.2) is 0 Å². The molecule has 0 heterocycles. The normalized spacial score (nSPS) is 28.0. The van der Waals surface area contributed by atoms with Crippen LogP contribution in [0.5, 0.6) is 0 Å². The molecule has 3 atom stereocenters. The van der Waals surface area contributed by atoms with E-state index in [0.717, 1.165) is 0 Å². The first kappa shape index (κ1) is 14.0. The van der Waals surface area contributed by atoms with Gasteiger partial charge in [-0.3, -0.25) is 9.59 Å². The fourth-order valence-corrected chi connectivity index (χ4v) is 2.38. The van der Waals surface area contributed by atoms with Crippen molar-refractivity contribution in [1.82, 2.24) is 5.32 Å². The van der Waals surface area contributed by atoms with Crippen LogP contribution in [0.2, 0.25) is 0 Å². The Balaban J connectivity index is 2.41. The Bertz CT molecular complexity index is 280. The molecule has 0 spiro atoms. The van der Waals surface area contributed by atoms with Gasteiger partial charge >= 0.3 is 5.97 Å². The average molecular weight is 243 g/mol. The van der Waals surface area contributed by atoms with Crippen LogP contribution in [0.3, 0.4) is 0 Å². The molecule has 3 unspecified atom stereocenters. The highest BCUT2D eigenvalue weighted by atomic mass is 16.5. The van der Waals surface area contributed by atoms with Crippen LogP contribution in [0, 0.1) is 17.8 Å². The molecule has 0 aromatic carbocycles. The van der Waals surface area contributed by atoms with Crippen molar-refractivity contribution >= 4 is 11.9 Å². The molecule has 2 N–H and O–H groups in total. The maximum absolute atomic E-state index is 11.8. The number of aliphatic carboxylic acids is 1. The number of hydrogen-bond acceptors (Lipinski definition) is 3. The van der Waals surface area contributed by atoms with Crippen LogP contribution in [0.4, 0.5) is 0 Å². The molecule has 1 aliphatic carbocycles. The number of carbonyl (C=O) groups is 2. The molecule has 1 saturated carbocycles. The van der Waals surface area contributed by atoms with Crippen molar-refractivity contribution in [3.63, 3.8) is 0 Å². The lowest BCUT2D eigenvalue weighted by Crippen LogP contribution is -2.36. The van der Waals surface area contributed by atoms with Crippen LogP contribution in [-0.2, 0) is 14.3 Å². The quantitative estimate of drug-likeness (QED) is 0.679. The smallest absolute Gasteiger partial charge is 0.307 e. The van der Waals surface area contributed by atoms with E-state index in [1.165, 1.54) is 0 Å². The van der Waals surface area contributed by atoms with E-state index in [2.05, 4.69) is 5.32 Å². The van der Waals surface area contributed by atoms with Crippen LogP contribution in [-0.4, -0.2) is 36.7 Å². The predicted octanol–water partition coefficient (Wildman–Crippen LogP) is 0.886. The largest absolute Gasteiger partial charge is 0.481 e. The van der Waals surface area contributed by atoms with E-state index in [1.54, 1.807) is 0 Å². The zero-order chi connectivity index (χ0) is 12.8. The maximum Gasteiger partial charge on any atom is 0.307 e. The van der Waals surface area contributed by atoms with Gasteiger partial charge in [0.2, 0.25) is 5.91 Å². The van der Waals surface area contributed by atoms with E-state index in [-0.39, 0.29) is 11.8 Å². The summed E-state index contributed by atoms with van der Waals surface area (Å²) in [5, 5.41) is 11.8. The van der Waals surface area contributed by atoms with Gasteiger partial charge in [-0.2, -0.15) is 0 Å². The van der Waals surface area contributed by atoms with Crippen LogP contribution in [0.1, 0.15) is 26.7 Å². The van der Waals surface area contributed by atoms with Gasteiger partial charge in [-0.25, -0.2) is 0 Å². The highest BCUT2D eigenvalue weighted by molar-refractivity contribution is 5.85. The summed E-state index contributed by atoms with van der Waals surface area (Å²) >= 11 is 0. The lowest BCUT2D eigenvalue weighted by atomic mass is 9.95. The minimum Gasteiger partial charge on any atom is -0.481 e. The summed E-state index contributed by atoms with van der Waals surface area (Å²) in [5.74, 6) is -1.62. The lowest BCUT2D eigenvalue weighted by Gasteiger charge is -2.15. The molecule has 17 heavy (non-hydrogen) atoms. The molecule has 5 heteroatoms. The molecule has 1 fully saturated rings. The van der Waals surface area contributed by atoms with Crippen molar-refractivity contribution < 1.29 is 19.4 Å². The Kier molecular flexibility index (Phi) is 5.41. The van der Waals surface area contributed by atoms with E-state index >= 15 is 0 Å². The number of carboxylic acids is 1. The standard InChI is InChI=1S/C12H21NO4/c1-3-17-5-4-13-11(14)9-6-8(2)7-10(9)12(15)16/h8-10H,3-7H2,1-2H3,(H,13,14)(H,15,16). The molecule has 98 valence electrons. The average Bonchev–Trinajstić information content (AvgIpc) is 2.66. The van der Waals surface area contributed by atoms with Crippen LogP contribution >= 0.6 is 0 Å². The van der Waals surface area contributed by atoms with Gasteiger partial charge in [0, 0.05) is 13.2 Å². The topological polar surface area (TPSA) is 75.6 Å². The van der Waals surface area contributed by atoms with E-state index in [9.17, 15) is 9.59 Å². The van der Waals surface area contributed by atoms with Crippen molar-refractivity contribution in [2.45, 2.75) is 26.7 Å². The fraction of sp³-hybridized carbons (Fsp3) is 0.833. The summed E-state index contributed by atoms with van der Waals surface area (Å²) < 4.78 is 5.11. The summed E-state index contributed by atoms with van der Waals surface area (Å²) in [6.45, 7) is 5.42. The second kappa shape index (κ2) is 6.59. The Hall–Kier alpha value is -1.10. The van der Waals surface area contributed by atoms with E-state index in [1.807, 2.05) is 13.8 Å². The molecule has 1 rings (SSSR count). The second-order valence-electron chi connectivity index (χ2n) is 4.62. The summed E-state index contributed by atoms with van der Waals surface area (Å²) in [7, 11) is 0. The number of carbonyl (C=O) groups excluding carboxylic acids is 1. The molecule has 1 aliphatic rings. The van der Waals surface area contributed by atoms with Gasteiger partial charge in [0.05, 0.1) is 18.4 Å². The van der Waals surface area contributed by atoms with Crippen LogP contribution < -0.4 is 5.32 Å². The monoisotopic (exact) mass is 243 g/mol. The third-order valence-corrected chi connectivity index (χ3v) is 3.20. The molecule has 0 aliphatic heterocycles. The van der Waals surface area contributed by atoms with Crippen molar-refractivity contribution in [3.8, 4) is 0 Å². The highest BCUT2D eigenvalue weighted by Crippen LogP contribution is 2.36. The number of nitrogens with one attached hydrogen (secondary N) is 1. The zero-order valence-electron chi connectivity index (χ0n) is 10.4. The van der Waals surface area contributed by atoms with Gasteiger partial charge in [0.25, 0.3) is 0 Å². The molecular formula is C12H21NO4. The molecule has 5 nitrogen and oxygen atoms in total. The Labute approximate surface area is 102 Å². The van der Waals surface area contributed by atoms with Gasteiger partial charge in [0.1, 0.15) is 0 Å². The lowest BCUT2D eigenvalue weighted by molar-refractivity contribution is -0.146. The van der Waals surface area contributed by atoms with Crippen LogP contribution in [0.25, 0.3) is 0 Å². The van der Waals surface area contributed by atoms with Crippen LogP contribution in [0.15, 0.2) is 0 Å². The first-order valence-corrected chi connectivity index (χ1v) is 6.14. The van der Waals surface area contributed by atoms with Crippen molar-refractivity contribution in [2.24, 2.45) is 17.8 Å². The molecule has 1 amide bonds. The highest BCUT2D eigenvalue weighted by Gasteiger charge is 2.40. The second-order valence-corrected chi connectivity index (χ2v) is 4.62. The zero-order valence-corrected chi connectivity index (χ0v) is 10.4. The third kappa shape index (κ3) is 4.00. The Morgan fingerprint density at radius 3 is 2.59 bits per heavy atom. The van der Waals surface area contributed by atoms with Gasteiger partial charge in [-0.1, -0.05) is 6.92 Å². The van der Waals surface area contributed by atoms with E-state index in [4.69, 9.17) is 9.84 Å². The summed E-state index contributed by atoms with van der Waals surface area (Å²) in [4.78, 5) is 22.9. The molecule has 0 bridgehead atoms. The molecule has 0 radical (unpaired) electrons. The Morgan fingerprint density at radius 1 is 1.35 bits per heavy atom. The van der Waals surface area contributed by atoms with Crippen molar-refractivity contribution in [3.05, 3.63) is 0 Å². The van der Waals surface area contributed by atoms with Gasteiger partial charge in [-0.15, -0.1) is 0 Å². The predicted molar refractivity (Wildman–Crippen MR) is 62.5 cm³/mol. The van der Waals surface area contributed by atoms with E-state index < -0.39 is 11.9 Å². The minimum atomic E-state index is -0.862. The third-order valence-electron chi connectivity index (χ3n) is 3.20. The van der Waals surface area contributed by atoms with Crippen molar-refractivity contribution in [2.75, 3.05) is 19.8 Å². The van der Waals surface area contributed by atoms with E-state index in [0.29, 0.717) is 38.5 Å². The number of hydrogen-bond donors (Lipinski definition) is 2. The molecule has 0 aromatic heterocycles. The first-order valence-electron chi connectivity index (χ1n) is 6.14. The number of amides is 1. The fourth-order valence-electron chi connectivity index (χ4n) is 2.38. The summed E-state index contributed by atoms with van der Waals surface area (Å²) in [6.07, 6.45) is 1.26. The Morgan fingerprint density at radius 2 is 2.00 bits per heavy atom.